The van der Waals surface area contributed by atoms with Gasteiger partial charge in [0.15, 0.2) is 0 Å². The first-order valence-electron chi connectivity index (χ1n) is 25.3. The quantitative estimate of drug-likeness (QED) is 0.142. The zero-order chi connectivity index (χ0) is 48.3. The summed E-state index contributed by atoms with van der Waals surface area (Å²) in [6.07, 6.45) is 0. The second-order valence-corrected chi connectivity index (χ2v) is 19.1. The number of nitrogens with zero attached hydrogens (tertiary/aromatic N) is 2. The molecule has 0 saturated carbocycles. The highest BCUT2D eigenvalue weighted by Crippen LogP contribution is 2.66. The minimum Gasteiger partial charge on any atom is -0.310 e. The molecule has 12 aromatic carbocycles. The number of anilines is 6. The number of hydrogen-bond donors (Lipinski definition) is 0. The van der Waals surface area contributed by atoms with E-state index in [0.717, 1.165) is 50.8 Å². The Bertz CT molecular complexity index is 4030. The lowest BCUT2D eigenvalue weighted by atomic mass is 9.69. The fourth-order valence-corrected chi connectivity index (χ4v) is 12.3. The summed E-state index contributed by atoms with van der Waals surface area (Å²) < 4.78 is 0. The molecule has 0 saturated heterocycles. The third kappa shape index (κ3) is 6.72. The van der Waals surface area contributed by atoms with Crippen molar-refractivity contribution in [2.45, 2.75) is 5.41 Å². The van der Waals surface area contributed by atoms with Crippen LogP contribution in [0.3, 0.4) is 0 Å². The molecule has 0 aromatic heterocycles. The molecular formula is C71H48N2. The molecule has 0 aliphatic heterocycles. The Kier molecular flexibility index (Phi) is 10.1. The van der Waals surface area contributed by atoms with Crippen LogP contribution in [-0.4, -0.2) is 0 Å². The number of benzene rings is 12. The molecule has 2 aliphatic rings. The largest absolute Gasteiger partial charge is 0.310 e. The molecule has 1 spiro atoms. The van der Waals surface area contributed by atoms with E-state index < -0.39 is 5.41 Å². The van der Waals surface area contributed by atoms with Crippen LogP contribution in [0.25, 0.3) is 66.4 Å². The van der Waals surface area contributed by atoms with Gasteiger partial charge in [-0.15, -0.1) is 0 Å². The first-order valence-corrected chi connectivity index (χ1v) is 25.3. The SMILES string of the molecule is c1ccc(-c2cccc(N(c3cccc(N(c4ccccc4)c4cccc5c4-c4ccccc4C54c5ccccc5-c5cc(-c6ccccc6)c6ccccc6c54)c3)c3ccccc3-c3ccccc3)c2)cc1. The maximum Gasteiger partial charge on any atom is 0.0732 e. The first kappa shape index (κ1) is 42.4. The lowest BCUT2D eigenvalue weighted by Gasteiger charge is -2.33. The maximum absolute atomic E-state index is 2.48. The number of fused-ring (bicyclic) bond motifs is 12. The lowest BCUT2D eigenvalue weighted by Crippen LogP contribution is -2.26. The smallest absolute Gasteiger partial charge is 0.0732 e. The molecule has 2 aliphatic carbocycles. The molecule has 0 N–H and O–H groups in total. The fourth-order valence-electron chi connectivity index (χ4n) is 12.3. The molecule has 0 heterocycles. The van der Waals surface area contributed by atoms with Crippen LogP contribution in [0.1, 0.15) is 22.3 Å². The van der Waals surface area contributed by atoms with Crippen molar-refractivity contribution >= 4 is 44.9 Å². The number of para-hydroxylation sites is 2. The van der Waals surface area contributed by atoms with Crippen LogP contribution in [0.5, 0.6) is 0 Å². The molecule has 1 atom stereocenters. The summed E-state index contributed by atoms with van der Waals surface area (Å²) in [4.78, 5) is 4.92. The van der Waals surface area contributed by atoms with E-state index in [1.54, 1.807) is 0 Å². The van der Waals surface area contributed by atoms with Gasteiger partial charge in [-0.25, -0.2) is 0 Å². The van der Waals surface area contributed by atoms with Gasteiger partial charge in [0.25, 0.3) is 0 Å². The van der Waals surface area contributed by atoms with Gasteiger partial charge in [-0.3, -0.25) is 0 Å². The number of rotatable bonds is 9. The second kappa shape index (κ2) is 17.4. The van der Waals surface area contributed by atoms with Crippen molar-refractivity contribution in [3.63, 3.8) is 0 Å². The molecule has 0 bridgehead atoms. The van der Waals surface area contributed by atoms with E-state index in [9.17, 15) is 0 Å². The van der Waals surface area contributed by atoms with Gasteiger partial charge in [-0.1, -0.05) is 231 Å². The van der Waals surface area contributed by atoms with Gasteiger partial charge in [-0.2, -0.15) is 0 Å². The van der Waals surface area contributed by atoms with Crippen LogP contribution in [0.15, 0.2) is 291 Å². The Morgan fingerprint density at radius 3 is 1.37 bits per heavy atom. The van der Waals surface area contributed by atoms with Gasteiger partial charge in [-0.05, 0) is 138 Å². The molecular weight excluding hydrogens is 881 g/mol. The summed E-state index contributed by atoms with van der Waals surface area (Å²) >= 11 is 0. The standard InChI is InChI=1S/C71H48N2/c1-5-24-49(25-6-1)52-30-21-33-54(46-52)73(67-44-20-17-36-57(67)50-26-7-2-8-27-50)56-35-22-34-55(47-56)72(53-31-11-4-12-32-53)68-45-23-43-66-69(68)61-40-16-19-42-65(61)71(66)64-41-18-15-38-59(64)63-48-62(51-28-9-3-10-29-51)58-37-13-14-39-60(58)70(63)71/h1-48H. The minimum atomic E-state index is -0.575. The second-order valence-electron chi connectivity index (χ2n) is 19.1. The highest BCUT2D eigenvalue weighted by Gasteiger charge is 2.53. The molecule has 0 fully saturated rings. The zero-order valence-corrected chi connectivity index (χ0v) is 40.1. The Hall–Kier alpha value is -9.50. The van der Waals surface area contributed by atoms with Gasteiger partial charge in [0.05, 0.1) is 16.8 Å². The van der Waals surface area contributed by atoms with Crippen LogP contribution in [0.4, 0.5) is 34.1 Å². The predicted octanol–water partition coefficient (Wildman–Crippen LogP) is 19.1. The Labute approximate surface area is 427 Å². The Morgan fingerprint density at radius 1 is 0.233 bits per heavy atom. The van der Waals surface area contributed by atoms with Crippen LogP contribution >= 0.6 is 0 Å². The summed E-state index contributed by atoms with van der Waals surface area (Å²) in [5, 5.41) is 2.54. The van der Waals surface area contributed by atoms with E-state index in [1.807, 2.05) is 0 Å². The predicted molar refractivity (Wildman–Crippen MR) is 306 cm³/mol. The van der Waals surface area contributed by atoms with Crippen molar-refractivity contribution in [3.8, 4) is 55.6 Å². The van der Waals surface area contributed by atoms with Gasteiger partial charge in [0.2, 0.25) is 0 Å². The maximum atomic E-state index is 2.48. The highest BCUT2D eigenvalue weighted by atomic mass is 15.2. The summed E-state index contributed by atoms with van der Waals surface area (Å²) in [6.45, 7) is 0. The molecule has 2 nitrogen and oxygen atoms in total. The van der Waals surface area contributed by atoms with E-state index >= 15 is 0 Å². The van der Waals surface area contributed by atoms with Crippen molar-refractivity contribution in [1.82, 2.24) is 0 Å². The van der Waals surface area contributed by atoms with Crippen molar-refractivity contribution in [2.75, 3.05) is 9.80 Å². The highest BCUT2D eigenvalue weighted by molar-refractivity contribution is 6.10. The molecule has 1 unspecified atom stereocenters. The molecule has 12 aromatic rings. The summed E-state index contributed by atoms with van der Waals surface area (Å²) in [7, 11) is 0. The molecule has 2 heteroatoms. The Balaban J connectivity index is 1.01. The number of hydrogen-bond acceptors (Lipinski definition) is 2. The molecule has 342 valence electrons. The topological polar surface area (TPSA) is 6.48 Å². The average molecular weight is 929 g/mol. The molecule has 0 amide bonds. The third-order valence-electron chi connectivity index (χ3n) is 15.2. The fraction of sp³-hybridized carbons (Fsp3) is 0.0141. The molecule has 0 radical (unpaired) electrons. The van der Waals surface area contributed by atoms with E-state index in [4.69, 9.17) is 0 Å². The van der Waals surface area contributed by atoms with Crippen molar-refractivity contribution in [2.24, 2.45) is 0 Å². The molecule has 14 rings (SSSR count). The lowest BCUT2D eigenvalue weighted by molar-refractivity contribution is 0.801. The van der Waals surface area contributed by atoms with Crippen LogP contribution in [-0.2, 0) is 5.41 Å². The normalized spacial score (nSPS) is 13.8. The van der Waals surface area contributed by atoms with Gasteiger partial charge in [0, 0.05) is 33.9 Å². The minimum absolute atomic E-state index is 0.575. The van der Waals surface area contributed by atoms with Gasteiger partial charge >= 0.3 is 0 Å². The van der Waals surface area contributed by atoms with Crippen molar-refractivity contribution in [3.05, 3.63) is 313 Å². The van der Waals surface area contributed by atoms with Crippen molar-refractivity contribution in [1.29, 1.82) is 0 Å². The zero-order valence-electron chi connectivity index (χ0n) is 40.1. The summed E-state index contributed by atoms with van der Waals surface area (Å²) in [5.74, 6) is 0. The van der Waals surface area contributed by atoms with Crippen molar-refractivity contribution < 1.29 is 0 Å². The third-order valence-corrected chi connectivity index (χ3v) is 15.2. The summed E-state index contributed by atoms with van der Waals surface area (Å²) in [6, 6.07) is 107. The van der Waals surface area contributed by atoms with Gasteiger partial charge < -0.3 is 9.80 Å². The Morgan fingerprint density at radius 2 is 0.671 bits per heavy atom. The van der Waals surface area contributed by atoms with Crippen LogP contribution < -0.4 is 9.80 Å². The van der Waals surface area contributed by atoms with Crippen LogP contribution in [0.2, 0.25) is 0 Å². The summed E-state index contributed by atoms with van der Waals surface area (Å²) in [5.41, 5.74) is 23.4. The molecule has 73 heavy (non-hydrogen) atoms. The monoisotopic (exact) mass is 928 g/mol. The van der Waals surface area contributed by atoms with E-state index in [0.29, 0.717) is 0 Å². The average Bonchev–Trinajstić information content (AvgIpc) is 3.98. The van der Waals surface area contributed by atoms with E-state index in [2.05, 4.69) is 301 Å². The van der Waals surface area contributed by atoms with Crippen LogP contribution in [0, 0.1) is 0 Å². The first-order chi connectivity index (χ1) is 36.3. The van der Waals surface area contributed by atoms with E-state index in [-0.39, 0.29) is 0 Å². The van der Waals surface area contributed by atoms with Gasteiger partial charge in [0.1, 0.15) is 0 Å². The van der Waals surface area contributed by atoms with E-state index in [1.165, 1.54) is 72.0 Å².